The summed E-state index contributed by atoms with van der Waals surface area (Å²) in [6, 6.07) is 4.44. The first-order valence-electron chi connectivity index (χ1n) is 10.2. The number of pyridine rings is 1. The van der Waals surface area contributed by atoms with E-state index < -0.39 is 21.4 Å². The SMILES string of the molecule is COCCCNC(=O)c1c[nH]c2ccc(S(=O)(=O)N3C[C@@H](C)C[C@H](C)C3)cc2c1=O. The molecule has 0 aliphatic carbocycles. The van der Waals surface area contributed by atoms with Gasteiger partial charge in [0.1, 0.15) is 5.56 Å². The molecule has 0 spiro atoms. The lowest BCUT2D eigenvalue weighted by Crippen LogP contribution is -2.42. The molecule has 1 aromatic heterocycles. The van der Waals surface area contributed by atoms with E-state index in [0.717, 1.165) is 6.42 Å². The average Bonchev–Trinajstić information content (AvgIpc) is 2.70. The maximum atomic E-state index is 13.2. The van der Waals surface area contributed by atoms with Crippen LogP contribution in [0.1, 0.15) is 37.0 Å². The van der Waals surface area contributed by atoms with Crippen molar-refractivity contribution in [1.82, 2.24) is 14.6 Å². The Morgan fingerprint density at radius 1 is 1.27 bits per heavy atom. The molecule has 2 atom stereocenters. The third kappa shape index (κ3) is 4.74. The number of hydrogen-bond donors (Lipinski definition) is 2. The van der Waals surface area contributed by atoms with E-state index in [1.807, 2.05) is 13.8 Å². The molecule has 1 amide bonds. The molecule has 9 heteroatoms. The van der Waals surface area contributed by atoms with Crippen LogP contribution >= 0.6 is 0 Å². The highest BCUT2D eigenvalue weighted by Crippen LogP contribution is 2.27. The van der Waals surface area contributed by atoms with Crippen LogP contribution in [0.4, 0.5) is 0 Å². The maximum absolute atomic E-state index is 13.2. The van der Waals surface area contributed by atoms with Gasteiger partial charge >= 0.3 is 0 Å². The summed E-state index contributed by atoms with van der Waals surface area (Å²) in [4.78, 5) is 28.3. The van der Waals surface area contributed by atoms with Crippen molar-refractivity contribution in [2.45, 2.75) is 31.6 Å². The number of carbonyl (C=O) groups excluding carboxylic acids is 1. The van der Waals surface area contributed by atoms with E-state index >= 15 is 0 Å². The minimum absolute atomic E-state index is 0.0466. The van der Waals surface area contributed by atoms with Crippen molar-refractivity contribution >= 4 is 26.8 Å². The van der Waals surface area contributed by atoms with Gasteiger partial charge in [0, 0.05) is 50.5 Å². The van der Waals surface area contributed by atoms with Gasteiger partial charge in [-0.2, -0.15) is 4.31 Å². The fraction of sp³-hybridized carbons (Fsp3) is 0.524. The molecule has 0 radical (unpaired) electrons. The Kier molecular flexibility index (Phi) is 6.95. The Morgan fingerprint density at radius 2 is 1.97 bits per heavy atom. The van der Waals surface area contributed by atoms with Crippen molar-refractivity contribution in [1.29, 1.82) is 0 Å². The van der Waals surface area contributed by atoms with Gasteiger partial charge in [-0.25, -0.2) is 8.42 Å². The number of H-pyrrole nitrogens is 1. The van der Waals surface area contributed by atoms with Gasteiger partial charge in [0.25, 0.3) is 5.91 Å². The van der Waals surface area contributed by atoms with Crippen molar-refractivity contribution in [3.63, 3.8) is 0 Å². The maximum Gasteiger partial charge on any atom is 0.256 e. The van der Waals surface area contributed by atoms with Crippen LogP contribution in [0.3, 0.4) is 0 Å². The first kappa shape index (κ1) is 22.5. The van der Waals surface area contributed by atoms with Crippen molar-refractivity contribution in [3.8, 4) is 0 Å². The number of piperidine rings is 1. The minimum atomic E-state index is -3.72. The lowest BCUT2D eigenvalue weighted by atomic mass is 9.94. The standard InChI is InChI=1S/C21H29N3O5S/c1-14-9-15(2)13-24(12-14)30(27,28)16-5-6-19-17(10-16)20(25)18(11-23-19)21(26)22-7-4-8-29-3/h5-6,10-11,14-15H,4,7-9,12-13H2,1-3H3,(H,22,26)(H,23,25)/t14-,15-/m0/s1. The zero-order chi connectivity index (χ0) is 21.9. The Balaban J connectivity index is 1.92. The lowest BCUT2D eigenvalue weighted by Gasteiger charge is -2.34. The Bertz CT molecular complexity index is 1070. The first-order chi connectivity index (χ1) is 14.2. The predicted octanol–water partition coefficient (Wildman–Crippen LogP) is 1.96. The molecule has 1 aromatic carbocycles. The van der Waals surface area contributed by atoms with Crippen LogP contribution in [0.5, 0.6) is 0 Å². The van der Waals surface area contributed by atoms with Gasteiger partial charge in [0.05, 0.1) is 4.90 Å². The van der Waals surface area contributed by atoms with Crippen LogP contribution in [-0.2, 0) is 14.8 Å². The number of methoxy groups -OCH3 is 1. The molecular weight excluding hydrogens is 406 g/mol. The summed E-state index contributed by atoms with van der Waals surface area (Å²) in [5.74, 6) is 0.0581. The molecule has 2 heterocycles. The summed E-state index contributed by atoms with van der Waals surface area (Å²) in [5, 5.41) is 2.86. The molecule has 1 saturated heterocycles. The van der Waals surface area contributed by atoms with Crippen molar-refractivity contribution in [2.24, 2.45) is 11.8 Å². The van der Waals surface area contributed by atoms with E-state index in [1.54, 1.807) is 13.2 Å². The molecule has 0 saturated carbocycles. The van der Waals surface area contributed by atoms with Crippen molar-refractivity contribution in [3.05, 3.63) is 40.2 Å². The topological polar surface area (TPSA) is 109 Å². The zero-order valence-electron chi connectivity index (χ0n) is 17.6. The largest absolute Gasteiger partial charge is 0.385 e. The number of carbonyl (C=O) groups is 1. The zero-order valence-corrected chi connectivity index (χ0v) is 18.4. The molecule has 2 N–H and O–H groups in total. The molecule has 8 nitrogen and oxygen atoms in total. The number of hydrogen-bond acceptors (Lipinski definition) is 5. The van der Waals surface area contributed by atoms with Gasteiger partial charge in [0.2, 0.25) is 15.5 Å². The highest BCUT2D eigenvalue weighted by molar-refractivity contribution is 7.89. The minimum Gasteiger partial charge on any atom is -0.385 e. The number of ether oxygens (including phenoxy) is 1. The van der Waals surface area contributed by atoms with E-state index in [9.17, 15) is 18.0 Å². The molecule has 0 unspecified atom stereocenters. The number of aromatic amines is 1. The molecule has 0 bridgehead atoms. The number of nitrogens with zero attached hydrogens (tertiary/aromatic N) is 1. The third-order valence-corrected chi connectivity index (χ3v) is 7.21. The molecular formula is C21H29N3O5S. The van der Waals surface area contributed by atoms with Crippen molar-refractivity contribution < 1.29 is 17.9 Å². The van der Waals surface area contributed by atoms with Crippen LogP contribution in [0, 0.1) is 11.8 Å². The monoisotopic (exact) mass is 435 g/mol. The van der Waals surface area contributed by atoms with Gasteiger partial charge in [-0.3, -0.25) is 9.59 Å². The molecule has 164 valence electrons. The van der Waals surface area contributed by atoms with Gasteiger partial charge in [-0.1, -0.05) is 13.8 Å². The molecule has 2 aromatic rings. The quantitative estimate of drug-likeness (QED) is 0.647. The third-order valence-electron chi connectivity index (χ3n) is 5.38. The van der Waals surface area contributed by atoms with Crippen LogP contribution in [0.25, 0.3) is 10.9 Å². The van der Waals surface area contributed by atoms with E-state index in [4.69, 9.17) is 4.74 Å². The van der Waals surface area contributed by atoms with Gasteiger partial charge in [-0.05, 0) is 42.9 Å². The Labute approximate surface area is 176 Å². The fourth-order valence-corrected chi connectivity index (χ4v) is 5.70. The number of benzene rings is 1. The fourth-order valence-electron chi connectivity index (χ4n) is 3.99. The second-order valence-corrected chi connectivity index (χ2v) is 10.0. The smallest absolute Gasteiger partial charge is 0.256 e. The van der Waals surface area contributed by atoms with E-state index in [-0.39, 0.29) is 27.7 Å². The summed E-state index contributed by atoms with van der Waals surface area (Å²) in [7, 11) is -2.15. The molecule has 1 aliphatic rings. The second-order valence-electron chi connectivity index (χ2n) is 8.11. The Hall–Kier alpha value is -2.23. The summed E-state index contributed by atoms with van der Waals surface area (Å²) in [5.41, 5.74) is -0.0598. The van der Waals surface area contributed by atoms with E-state index in [0.29, 0.717) is 38.2 Å². The molecule has 1 fully saturated rings. The van der Waals surface area contributed by atoms with Crippen LogP contribution in [-0.4, -0.2) is 57.0 Å². The molecule has 3 rings (SSSR count). The van der Waals surface area contributed by atoms with Gasteiger partial charge < -0.3 is 15.0 Å². The number of sulfonamides is 1. The number of amides is 1. The van der Waals surface area contributed by atoms with Crippen LogP contribution in [0.15, 0.2) is 34.1 Å². The van der Waals surface area contributed by atoms with Crippen molar-refractivity contribution in [2.75, 3.05) is 33.4 Å². The molecule has 1 aliphatic heterocycles. The number of nitrogens with one attached hydrogen (secondary N) is 2. The number of rotatable bonds is 7. The lowest BCUT2D eigenvalue weighted by molar-refractivity contribution is 0.0947. The summed E-state index contributed by atoms with van der Waals surface area (Å²) >= 11 is 0. The second kappa shape index (κ2) is 9.28. The van der Waals surface area contributed by atoms with Crippen LogP contribution in [0.2, 0.25) is 0 Å². The van der Waals surface area contributed by atoms with E-state index in [1.165, 1.54) is 22.6 Å². The van der Waals surface area contributed by atoms with Crippen LogP contribution < -0.4 is 10.7 Å². The number of fused-ring (bicyclic) bond motifs is 1. The predicted molar refractivity (Wildman–Crippen MR) is 115 cm³/mol. The Morgan fingerprint density at radius 3 is 2.63 bits per heavy atom. The summed E-state index contributed by atoms with van der Waals surface area (Å²) in [6.45, 7) is 5.89. The van der Waals surface area contributed by atoms with Gasteiger partial charge in [0.15, 0.2) is 0 Å². The normalized spacial score (nSPS) is 20.4. The molecule has 30 heavy (non-hydrogen) atoms. The highest BCUT2D eigenvalue weighted by Gasteiger charge is 2.32. The van der Waals surface area contributed by atoms with E-state index in [2.05, 4.69) is 10.3 Å². The van der Waals surface area contributed by atoms with Gasteiger partial charge in [-0.15, -0.1) is 0 Å². The summed E-state index contributed by atoms with van der Waals surface area (Å²) in [6.07, 6.45) is 2.98. The summed E-state index contributed by atoms with van der Waals surface area (Å²) < 4.78 is 32.8. The first-order valence-corrected chi connectivity index (χ1v) is 11.6. The average molecular weight is 436 g/mol. The highest BCUT2D eigenvalue weighted by atomic mass is 32.2. The number of aromatic nitrogens is 1.